The van der Waals surface area contributed by atoms with Gasteiger partial charge in [-0.3, -0.25) is 9.59 Å². The van der Waals surface area contributed by atoms with Crippen molar-refractivity contribution in [2.24, 2.45) is 0 Å². The highest BCUT2D eigenvalue weighted by Crippen LogP contribution is 2.16. The van der Waals surface area contributed by atoms with E-state index in [-0.39, 0.29) is 18.6 Å². The van der Waals surface area contributed by atoms with Gasteiger partial charge in [0.2, 0.25) is 0 Å². The molecule has 1 aromatic rings. The highest BCUT2D eigenvalue weighted by molar-refractivity contribution is 6.62. The Kier molecular flexibility index (Phi) is 4.15. The predicted molar refractivity (Wildman–Crippen MR) is 76.6 cm³/mol. The Morgan fingerprint density at radius 3 is 2.91 bits per heavy atom. The van der Waals surface area contributed by atoms with Crippen molar-refractivity contribution in [2.75, 3.05) is 19.8 Å². The zero-order valence-corrected chi connectivity index (χ0v) is 12.1. The summed E-state index contributed by atoms with van der Waals surface area (Å²) in [6.07, 6.45) is -0.210. The van der Waals surface area contributed by atoms with Crippen LogP contribution in [0.3, 0.4) is 0 Å². The maximum absolute atomic E-state index is 12.2. The minimum Gasteiger partial charge on any atom is -0.456 e. The Bertz CT molecular complexity index is 616. The summed E-state index contributed by atoms with van der Waals surface area (Å²) in [6, 6.07) is 3.41. The SMILES string of the molecule is Cc1c(C(=O)NCC(=O)OC2COC2)ccc2c1B(O)OC2. The van der Waals surface area contributed by atoms with Crippen molar-refractivity contribution in [3.8, 4) is 0 Å². The Labute approximate surface area is 127 Å². The van der Waals surface area contributed by atoms with Crippen LogP contribution in [-0.2, 0) is 25.5 Å². The number of nitrogens with one attached hydrogen (secondary N) is 1. The van der Waals surface area contributed by atoms with E-state index >= 15 is 0 Å². The number of hydrogen-bond donors (Lipinski definition) is 2. The lowest BCUT2D eigenvalue weighted by atomic mass is 9.75. The number of amides is 1. The van der Waals surface area contributed by atoms with Gasteiger partial charge in [-0.2, -0.15) is 0 Å². The predicted octanol–water partition coefficient (Wildman–Crippen LogP) is -1.12. The van der Waals surface area contributed by atoms with Gasteiger partial charge in [-0.25, -0.2) is 0 Å². The third-order valence-corrected chi connectivity index (χ3v) is 3.79. The molecule has 1 amide bonds. The summed E-state index contributed by atoms with van der Waals surface area (Å²) in [5.41, 5.74) is 2.55. The molecule has 0 spiro atoms. The van der Waals surface area contributed by atoms with E-state index in [1.54, 1.807) is 19.1 Å². The molecule has 2 aliphatic rings. The van der Waals surface area contributed by atoms with Crippen LogP contribution in [0.5, 0.6) is 0 Å². The first kappa shape index (κ1) is 15.0. The average molecular weight is 305 g/mol. The molecule has 3 rings (SSSR count). The summed E-state index contributed by atoms with van der Waals surface area (Å²) < 4.78 is 15.1. The molecular weight excluding hydrogens is 289 g/mol. The Morgan fingerprint density at radius 2 is 2.23 bits per heavy atom. The molecule has 0 aromatic heterocycles. The van der Waals surface area contributed by atoms with Crippen molar-refractivity contribution in [3.63, 3.8) is 0 Å². The molecule has 2 N–H and O–H groups in total. The number of rotatable bonds is 4. The quantitative estimate of drug-likeness (QED) is 0.541. The summed E-state index contributed by atoms with van der Waals surface area (Å²) in [7, 11) is -1.01. The monoisotopic (exact) mass is 305 g/mol. The molecule has 0 saturated carbocycles. The fraction of sp³-hybridized carbons (Fsp3) is 0.429. The zero-order chi connectivity index (χ0) is 15.7. The second-order valence-corrected chi connectivity index (χ2v) is 5.31. The molecule has 2 heterocycles. The first-order chi connectivity index (χ1) is 10.6. The van der Waals surface area contributed by atoms with Crippen molar-refractivity contribution >= 4 is 24.5 Å². The lowest BCUT2D eigenvalue weighted by molar-refractivity contribution is -0.170. The van der Waals surface area contributed by atoms with Crippen LogP contribution in [0.4, 0.5) is 0 Å². The standard InChI is InChI=1S/C14H16BNO6/c1-8-11(3-2-9-5-21-15(19)13(8)9)14(18)16-4-12(17)22-10-6-20-7-10/h2-3,10,19H,4-7H2,1H3,(H,16,18). The van der Waals surface area contributed by atoms with E-state index in [1.165, 1.54) is 0 Å². The number of benzene rings is 1. The summed E-state index contributed by atoms with van der Waals surface area (Å²) in [6.45, 7) is 2.68. The van der Waals surface area contributed by atoms with Crippen molar-refractivity contribution < 1.29 is 28.7 Å². The van der Waals surface area contributed by atoms with Gasteiger partial charge in [0.05, 0.1) is 19.8 Å². The van der Waals surface area contributed by atoms with Crippen LogP contribution < -0.4 is 10.8 Å². The minimum atomic E-state index is -1.01. The Morgan fingerprint density at radius 1 is 1.45 bits per heavy atom. The van der Waals surface area contributed by atoms with Crippen LogP contribution in [0, 0.1) is 6.92 Å². The molecule has 1 saturated heterocycles. The van der Waals surface area contributed by atoms with Gasteiger partial charge in [-0.1, -0.05) is 6.07 Å². The number of esters is 1. The maximum Gasteiger partial charge on any atom is 0.492 e. The molecule has 0 radical (unpaired) electrons. The van der Waals surface area contributed by atoms with Gasteiger partial charge >= 0.3 is 13.1 Å². The number of ether oxygens (including phenoxy) is 2. The second-order valence-electron chi connectivity index (χ2n) is 5.31. The molecule has 116 valence electrons. The zero-order valence-electron chi connectivity index (χ0n) is 12.1. The number of fused-ring (bicyclic) bond motifs is 1. The van der Waals surface area contributed by atoms with Gasteiger partial charge in [-0.15, -0.1) is 0 Å². The van der Waals surface area contributed by atoms with Gasteiger partial charge in [0.25, 0.3) is 5.91 Å². The third kappa shape index (κ3) is 2.85. The van der Waals surface area contributed by atoms with Gasteiger partial charge in [-0.05, 0) is 29.6 Å². The van der Waals surface area contributed by atoms with Crippen LogP contribution >= 0.6 is 0 Å². The van der Waals surface area contributed by atoms with E-state index in [0.717, 1.165) is 5.56 Å². The number of carbonyl (C=O) groups is 2. The summed E-state index contributed by atoms with van der Waals surface area (Å²) >= 11 is 0. The van der Waals surface area contributed by atoms with E-state index < -0.39 is 13.1 Å². The van der Waals surface area contributed by atoms with Crippen LogP contribution in [-0.4, -0.2) is 49.9 Å². The maximum atomic E-state index is 12.2. The van der Waals surface area contributed by atoms with Gasteiger partial charge < -0.3 is 24.5 Å². The van der Waals surface area contributed by atoms with Gasteiger partial charge in [0, 0.05) is 5.56 Å². The molecule has 22 heavy (non-hydrogen) atoms. The highest BCUT2D eigenvalue weighted by atomic mass is 16.6. The minimum absolute atomic E-state index is 0.203. The number of hydrogen-bond acceptors (Lipinski definition) is 6. The largest absolute Gasteiger partial charge is 0.492 e. The van der Waals surface area contributed by atoms with E-state index in [1.807, 2.05) is 0 Å². The summed E-state index contributed by atoms with van der Waals surface area (Å²) in [5, 5.41) is 12.3. The van der Waals surface area contributed by atoms with E-state index in [4.69, 9.17) is 14.1 Å². The fourth-order valence-corrected chi connectivity index (χ4v) is 2.51. The normalized spacial score (nSPS) is 16.9. The van der Waals surface area contributed by atoms with Crippen molar-refractivity contribution in [1.29, 1.82) is 0 Å². The first-order valence-corrected chi connectivity index (χ1v) is 7.03. The summed E-state index contributed by atoms with van der Waals surface area (Å²) in [5.74, 6) is -0.884. The second kappa shape index (κ2) is 6.08. The molecule has 7 nitrogen and oxygen atoms in total. The van der Waals surface area contributed by atoms with E-state index in [0.29, 0.717) is 36.4 Å². The van der Waals surface area contributed by atoms with Gasteiger partial charge in [0.15, 0.2) is 0 Å². The molecule has 1 fully saturated rings. The van der Waals surface area contributed by atoms with Crippen molar-refractivity contribution in [3.05, 3.63) is 28.8 Å². The summed E-state index contributed by atoms with van der Waals surface area (Å²) in [4.78, 5) is 23.7. The van der Waals surface area contributed by atoms with Crippen LogP contribution in [0.2, 0.25) is 0 Å². The molecule has 2 aliphatic heterocycles. The fourth-order valence-electron chi connectivity index (χ4n) is 2.51. The molecule has 1 aromatic carbocycles. The van der Waals surface area contributed by atoms with Crippen LogP contribution in [0.25, 0.3) is 0 Å². The molecule has 0 aliphatic carbocycles. The molecule has 0 atom stereocenters. The first-order valence-electron chi connectivity index (χ1n) is 7.03. The average Bonchev–Trinajstić information content (AvgIpc) is 2.83. The Balaban J connectivity index is 1.63. The number of carbonyl (C=O) groups excluding carboxylic acids is 2. The molecule has 8 heteroatoms. The van der Waals surface area contributed by atoms with Crippen molar-refractivity contribution in [1.82, 2.24) is 5.32 Å². The highest BCUT2D eigenvalue weighted by Gasteiger charge is 2.31. The van der Waals surface area contributed by atoms with Gasteiger partial charge in [0.1, 0.15) is 12.6 Å². The lowest BCUT2D eigenvalue weighted by Gasteiger charge is -2.25. The van der Waals surface area contributed by atoms with E-state index in [2.05, 4.69) is 5.32 Å². The van der Waals surface area contributed by atoms with E-state index in [9.17, 15) is 14.6 Å². The Hall–Kier alpha value is -1.90. The topological polar surface area (TPSA) is 94.1 Å². The van der Waals surface area contributed by atoms with Crippen LogP contribution in [0.1, 0.15) is 21.5 Å². The molecule has 0 bridgehead atoms. The molecule has 0 unspecified atom stereocenters. The smallest absolute Gasteiger partial charge is 0.456 e. The molecular formula is C14H16BNO6. The lowest BCUT2D eigenvalue weighted by Crippen LogP contribution is -2.41. The van der Waals surface area contributed by atoms with Crippen molar-refractivity contribution in [2.45, 2.75) is 19.6 Å². The van der Waals surface area contributed by atoms with Crippen LogP contribution in [0.15, 0.2) is 12.1 Å². The third-order valence-electron chi connectivity index (χ3n) is 3.79.